The SMILES string of the molecule is Cc1ccc(N(c2ccc(C)cc2)c2cc3c4c(c2)N(c2ccc(C)cc2)c2ccc(C)cc2B4c2cc4c(cc2S3)N(c2ccc(C)cc2)c2cc(N(c3ccc(C)cc3)c3ccc(C)cc3)cc3c2B4c2cc(C)ccc2N3c2ccc(C)cc2)cc1. The van der Waals surface area contributed by atoms with Crippen molar-refractivity contribution in [1.82, 2.24) is 0 Å². The fraction of sp³-hybridized carbons (Fsp3) is 0.111. The van der Waals surface area contributed by atoms with Gasteiger partial charge in [0.25, 0.3) is 6.71 Å². The van der Waals surface area contributed by atoms with E-state index in [1.807, 2.05) is 11.8 Å². The van der Waals surface area contributed by atoms with Crippen molar-refractivity contribution in [2.45, 2.75) is 72.1 Å². The summed E-state index contributed by atoms with van der Waals surface area (Å²) in [5, 5.41) is 0. The normalized spacial score (nSPS) is 13.1. The van der Waals surface area contributed by atoms with Crippen LogP contribution in [0.4, 0.5) is 85.3 Å². The standard InChI is InChI=1S/C81H67B2N5S/c1-50-10-26-59(27-11-50)84(60-28-12-51(2)13-29-60)66-44-75-80-76(45-66)88(65-38-22-56(7)23-39-65)74-49-78-71(48-70(74)82(80)68-42-57(8)24-40-72(68)86(75)63-34-18-54(5)19-35-63)83-69-43-58(9)25-41-73(69)87(64-36-20-55(6)21-37-64)77-46-67(47-79(89-78)81(77)83)85(61-30-14-52(3)15-31-61)62-32-16-53(4)17-33-62/h10-49H,1-9H3. The summed E-state index contributed by atoms with van der Waals surface area (Å²) in [4.78, 5) is 15.1. The number of rotatable bonds is 9. The van der Waals surface area contributed by atoms with Crippen molar-refractivity contribution < 1.29 is 0 Å². The molecular formula is C81H67B2N5S. The van der Waals surface area contributed by atoms with E-state index < -0.39 is 0 Å². The lowest BCUT2D eigenvalue weighted by Gasteiger charge is -2.46. The molecular weight excluding hydrogens is 1100 g/mol. The topological polar surface area (TPSA) is 16.2 Å². The van der Waals surface area contributed by atoms with E-state index in [9.17, 15) is 0 Å². The van der Waals surface area contributed by atoms with E-state index in [1.165, 1.54) is 121 Å². The van der Waals surface area contributed by atoms with Crippen molar-refractivity contribution in [2.75, 3.05) is 24.5 Å². The van der Waals surface area contributed by atoms with Gasteiger partial charge < -0.3 is 24.5 Å². The van der Waals surface area contributed by atoms with Crippen LogP contribution in [0.2, 0.25) is 0 Å². The van der Waals surface area contributed by atoms with E-state index in [4.69, 9.17) is 0 Å². The molecule has 4 aliphatic rings. The van der Waals surface area contributed by atoms with E-state index in [0.717, 1.165) is 56.9 Å². The first-order valence-corrected chi connectivity index (χ1v) is 32.0. The van der Waals surface area contributed by atoms with Crippen LogP contribution in [0.1, 0.15) is 50.1 Å². The molecule has 0 N–H and O–H groups in total. The number of hydrogen-bond donors (Lipinski definition) is 0. The number of benzene rings is 12. The Labute approximate surface area is 529 Å². The molecule has 0 radical (unpaired) electrons. The first-order valence-electron chi connectivity index (χ1n) is 31.2. The van der Waals surface area contributed by atoms with E-state index in [2.05, 4.69) is 329 Å². The molecule has 0 atom stereocenters. The summed E-state index contributed by atoms with van der Waals surface area (Å²) in [6, 6.07) is 93.1. The molecule has 5 nitrogen and oxygen atoms in total. The summed E-state index contributed by atoms with van der Waals surface area (Å²) in [6.45, 7) is 19.6. The van der Waals surface area contributed by atoms with Crippen molar-refractivity contribution in [3.63, 3.8) is 0 Å². The van der Waals surface area contributed by atoms with Crippen molar-refractivity contribution >= 4 is 143 Å². The Morgan fingerprint density at radius 3 is 0.921 bits per heavy atom. The second kappa shape index (κ2) is 21.2. The summed E-state index contributed by atoms with van der Waals surface area (Å²) >= 11 is 1.93. The quantitative estimate of drug-likeness (QED) is 0.133. The molecule has 4 heterocycles. The summed E-state index contributed by atoms with van der Waals surface area (Å²) in [7, 11) is 0. The lowest BCUT2D eigenvalue weighted by Crippen LogP contribution is -2.64. The molecule has 0 spiro atoms. The number of aryl methyl sites for hydroxylation is 9. The largest absolute Gasteiger partial charge is 0.311 e. The molecule has 12 aromatic rings. The molecule has 0 bridgehead atoms. The molecule has 0 saturated heterocycles. The molecule has 0 unspecified atom stereocenters. The minimum Gasteiger partial charge on any atom is -0.311 e. The molecule has 12 aromatic carbocycles. The fourth-order valence-electron chi connectivity index (χ4n) is 14.3. The van der Waals surface area contributed by atoms with Gasteiger partial charge in [0.15, 0.2) is 0 Å². The van der Waals surface area contributed by atoms with Crippen LogP contribution in [0.5, 0.6) is 0 Å². The first-order chi connectivity index (χ1) is 43.3. The molecule has 0 aliphatic carbocycles. The molecule has 428 valence electrons. The Bertz CT molecular complexity index is 4700. The maximum Gasteiger partial charge on any atom is 0.252 e. The molecule has 16 rings (SSSR count). The van der Waals surface area contributed by atoms with Gasteiger partial charge >= 0.3 is 0 Å². The van der Waals surface area contributed by atoms with E-state index in [0.29, 0.717) is 0 Å². The third kappa shape index (κ3) is 9.17. The lowest BCUT2D eigenvalue weighted by molar-refractivity contribution is 1.21. The molecule has 0 aromatic heterocycles. The fourth-order valence-corrected chi connectivity index (χ4v) is 15.5. The van der Waals surface area contributed by atoms with Crippen molar-refractivity contribution in [2.24, 2.45) is 0 Å². The second-order valence-corrected chi connectivity index (χ2v) is 26.4. The van der Waals surface area contributed by atoms with E-state index in [-0.39, 0.29) is 13.4 Å². The minimum absolute atomic E-state index is 0.0716. The number of anilines is 15. The lowest BCUT2D eigenvalue weighted by atomic mass is 9.31. The van der Waals surface area contributed by atoms with Gasteiger partial charge in [0.05, 0.1) is 5.69 Å². The maximum atomic E-state index is 2.66. The van der Waals surface area contributed by atoms with Gasteiger partial charge in [0.2, 0.25) is 6.71 Å². The predicted molar refractivity (Wildman–Crippen MR) is 382 cm³/mol. The Hall–Kier alpha value is -9.88. The summed E-state index contributed by atoms with van der Waals surface area (Å²) in [5.41, 5.74) is 36.1. The van der Waals surface area contributed by atoms with Crippen molar-refractivity contribution in [1.29, 1.82) is 0 Å². The van der Waals surface area contributed by atoms with Crippen LogP contribution >= 0.6 is 11.8 Å². The highest BCUT2D eigenvalue weighted by molar-refractivity contribution is 8.00. The molecule has 8 heteroatoms. The van der Waals surface area contributed by atoms with Gasteiger partial charge in [-0.15, -0.1) is 0 Å². The van der Waals surface area contributed by atoms with Crippen LogP contribution in [0, 0.1) is 62.3 Å². The van der Waals surface area contributed by atoms with E-state index in [1.54, 1.807) is 0 Å². The van der Waals surface area contributed by atoms with Crippen LogP contribution in [0.3, 0.4) is 0 Å². The van der Waals surface area contributed by atoms with Gasteiger partial charge in [0.1, 0.15) is 0 Å². The third-order valence-electron chi connectivity index (χ3n) is 18.8. The summed E-state index contributed by atoms with van der Waals surface area (Å²) in [6.07, 6.45) is 0. The Balaban J connectivity index is 0.995. The number of fused-ring (bicyclic) bond motifs is 8. The molecule has 0 saturated carbocycles. The molecule has 89 heavy (non-hydrogen) atoms. The highest BCUT2D eigenvalue weighted by Crippen LogP contribution is 2.51. The Morgan fingerprint density at radius 2 is 0.539 bits per heavy atom. The zero-order valence-corrected chi connectivity index (χ0v) is 52.7. The van der Waals surface area contributed by atoms with Gasteiger partial charge in [-0.1, -0.05) is 183 Å². The Morgan fingerprint density at radius 1 is 0.236 bits per heavy atom. The van der Waals surface area contributed by atoms with Crippen LogP contribution in [-0.2, 0) is 0 Å². The minimum atomic E-state index is -0.115. The van der Waals surface area contributed by atoms with Gasteiger partial charge in [-0.2, -0.15) is 0 Å². The smallest absolute Gasteiger partial charge is 0.252 e. The monoisotopic (exact) mass is 1160 g/mol. The first kappa shape index (κ1) is 54.5. The molecule has 0 fully saturated rings. The predicted octanol–water partition coefficient (Wildman–Crippen LogP) is 18.2. The van der Waals surface area contributed by atoms with Crippen LogP contribution in [-0.4, -0.2) is 13.4 Å². The average Bonchev–Trinajstić information content (AvgIpc) is 0.697. The summed E-state index contributed by atoms with van der Waals surface area (Å²) in [5.74, 6) is 0. The van der Waals surface area contributed by atoms with Crippen LogP contribution in [0.25, 0.3) is 0 Å². The van der Waals surface area contributed by atoms with Gasteiger partial charge in [0, 0.05) is 89.4 Å². The zero-order chi connectivity index (χ0) is 60.5. The molecule has 0 amide bonds. The van der Waals surface area contributed by atoms with E-state index >= 15 is 0 Å². The van der Waals surface area contributed by atoms with Gasteiger partial charge in [-0.05, 0) is 217 Å². The maximum absolute atomic E-state index is 2.66. The zero-order valence-electron chi connectivity index (χ0n) is 51.9. The second-order valence-electron chi connectivity index (χ2n) is 25.3. The summed E-state index contributed by atoms with van der Waals surface area (Å²) < 4.78 is 0. The van der Waals surface area contributed by atoms with Gasteiger partial charge in [-0.25, -0.2) is 0 Å². The van der Waals surface area contributed by atoms with Gasteiger partial charge in [-0.3, -0.25) is 0 Å². The Kier molecular flexibility index (Phi) is 13.0. The average molecular weight is 1160 g/mol. The van der Waals surface area contributed by atoms with Crippen LogP contribution < -0.4 is 57.3 Å². The highest BCUT2D eigenvalue weighted by Gasteiger charge is 2.48. The van der Waals surface area contributed by atoms with Crippen LogP contribution in [0.15, 0.2) is 252 Å². The third-order valence-corrected chi connectivity index (χ3v) is 19.9. The number of nitrogens with zero attached hydrogens (tertiary/aromatic N) is 5. The van der Waals surface area contributed by atoms with Crippen molar-refractivity contribution in [3.8, 4) is 0 Å². The van der Waals surface area contributed by atoms with Crippen molar-refractivity contribution in [3.05, 3.63) is 293 Å². The highest BCUT2D eigenvalue weighted by atomic mass is 32.2. The molecule has 4 aliphatic heterocycles. The number of hydrogen-bond acceptors (Lipinski definition) is 6.